The van der Waals surface area contributed by atoms with Crippen LogP contribution in [0.5, 0.6) is 0 Å². The van der Waals surface area contributed by atoms with Gasteiger partial charge in [0.15, 0.2) is 5.82 Å². The molecule has 5 rings (SSSR count). The first-order valence-corrected chi connectivity index (χ1v) is 14.8. The van der Waals surface area contributed by atoms with Crippen molar-refractivity contribution in [3.8, 4) is 11.3 Å². The molecule has 0 radical (unpaired) electrons. The Morgan fingerprint density at radius 3 is 2.16 bits per heavy atom. The van der Waals surface area contributed by atoms with Gasteiger partial charge in [0.05, 0.1) is 5.69 Å². The van der Waals surface area contributed by atoms with Crippen molar-refractivity contribution in [2.75, 3.05) is 23.7 Å². The number of piperidine rings is 1. The second kappa shape index (κ2) is 12.3. The fourth-order valence-corrected chi connectivity index (χ4v) is 5.29. The third kappa shape index (κ3) is 6.69. The lowest BCUT2D eigenvalue weighted by atomic mass is 9.86. The molecule has 1 saturated heterocycles. The van der Waals surface area contributed by atoms with Crippen molar-refractivity contribution in [3.63, 3.8) is 0 Å². The molecule has 1 aliphatic rings. The maximum atomic E-state index is 13.1. The second-order valence-corrected chi connectivity index (χ2v) is 12.2. The number of hydrogen-bond acceptors (Lipinski definition) is 5. The molecule has 0 atom stereocenters. The summed E-state index contributed by atoms with van der Waals surface area (Å²) < 4.78 is 1.49. The molecular weight excluding hydrogens is 538 g/mol. The molecule has 8 nitrogen and oxygen atoms in total. The Morgan fingerprint density at radius 1 is 0.860 bits per heavy atom. The van der Waals surface area contributed by atoms with E-state index in [0.29, 0.717) is 28.2 Å². The van der Waals surface area contributed by atoms with Crippen molar-refractivity contribution in [2.24, 2.45) is 7.05 Å². The van der Waals surface area contributed by atoms with E-state index in [0.717, 1.165) is 42.6 Å². The number of likely N-dealkylation sites (tertiary alicyclic amines) is 1. The van der Waals surface area contributed by atoms with Gasteiger partial charge in [-0.3, -0.25) is 14.4 Å². The zero-order valence-corrected chi connectivity index (χ0v) is 25.5. The van der Waals surface area contributed by atoms with Crippen molar-refractivity contribution in [1.82, 2.24) is 14.5 Å². The van der Waals surface area contributed by atoms with Crippen LogP contribution in [0.1, 0.15) is 71.9 Å². The average molecular weight is 578 g/mol. The summed E-state index contributed by atoms with van der Waals surface area (Å²) in [5.74, 6) is 0.00763. The number of amides is 2. The van der Waals surface area contributed by atoms with E-state index < -0.39 is 0 Å². The highest BCUT2D eigenvalue weighted by Gasteiger charge is 2.19. The number of carbonyl (C=O) groups is 2. The summed E-state index contributed by atoms with van der Waals surface area (Å²) >= 11 is 0. The third-order valence-electron chi connectivity index (χ3n) is 7.98. The van der Waals surface area contributed by atoms with Crippen LogP contribution in [0.2, 0.25) is 0 Å². The van der Waals surface area contributed by atoms with Crippen LogP contribution in [0.4, 0.5) is 17.2 Å². The number of aromatic nitrogens is 2. The molecule has 0 aliphatic carbocycles. The first kappa shape index (κ1) is 29.8. The number of carbonyl (C=O) groups excluding carboxylic acids is 2. The van der Waals surface area contributed by atoms with Gasteiger partial charge in [0.2, 0.25) is 0 Å². The Balaban J connectivity index is 1.35. The average Bonchev–Trinajstić information content (AvgIpc) is 3.00. The van der Waals surface area contributed by atoms with Crippen molar-refractivity contribution in [3.05, 3.63) is 106 Å². The molecule has 1 fully saturated rings. The van der Waals surface area contributed by atoms with Gasteiger partial charge in [0.1, 0.15) is 0 Å². The van der Waals surface area contributed by atoms with E-state index in [2.05, 4.69) is 36.4 Å². The van der Waals surface area contributed by atoms with Gasteiger partial charge in [-0.05, 0) is 85.2 Å². The zero-order valence-electron chi connectivity index (χ0n) is 25.5. The van der Waals surface area contributed by atoms with Crippen LogP contribution in [-0.2, 0) is 12.5 Å². The van der Waals surface area contributed by atoms with E-state index in [-0.39, 0.29) is 28.6 Å². The summed E-state index contributed by atoms with van der Waals surface area (Å²) in [7, 11) is 1.68. The molecular formula is C35H39N5O3. The Hall–Kier alpha value is -4.72. The summed E-state index contributed by atoms with van der Waals surface area (Å²) in [6.07, 6.45) is 4.93. The maximum absolute atomic E-state index is 13.1. The molecule has 8 heteroatoms. The Labute approximate surface area is 252 Å². The Kier molecular flexibility index (Phi) is 8.48. The van der Waals surface area contributed by atoms with Crippen molar-refractivity contribution >= 4 is 29.0 Å². The van der Waals surface area contributed by atoms with E-state index in [1.54, 1.807) is 37.5 Å². The fraction of sp³-hybridized carbons (Fsp3) is 0.314. The highest BCUT2D eigenvalue weighted by molar-refractivity contribution is 6.05. The number of nitrogens with zero attached hydrogens (tertiary/aromatic N) is 3. The van der Waals surface area contributed by atoms with Gasteiger partial charge in [-0.2, -0.15) is 0 Å². The van der Waals surface area contributed by atoms with Crippen LogP contribution in [0.3, 0.4) is 0 Å². The third-order valence-corrected chi connectivity index (χ3v) is 7.98. The lowest BCUT2D eigenvalue weighted by Crippen LogP contribution is -2.35. The summed E-state index contributed by atoms with van der Waals surface area (Å²) in [5.41, 5.74) is 5.63. The predicted molar refractivity (Wildman–Crippen MR) is 172 cm³/mol. The minimum absolute atomic E-state index is 0.00572. The van der Waals surface area contributed by atoms with Crippen molar-refractivity contribution in [2.45, 2.75) is 52.4 Å². The molecule has 1 aliphatic heterocycles. The van der Waals surface area contributed by atoms with Gasteiger partial charge in [0.25, 0.3) is 17.4 Å². The minimum atomic E-state index is -0.280. The maximum Gasteiger partial charge on any atom is 0.293 e. The smallest absolute Gasteiger partial charge is 0.293 e. The second-order valence-electron chi connectivity index (χ2n) is 12.2. The summed E-state index contributed by atoms with van der Waals surface area (Å²) in [6, 6.07) is 20.4. The highest BCUT2D eigenvalue weighted by atomic mass is 16.2. The predicted octanol–water partition coefficient (Wildman–Crippen LogP) is 6.68. The van der Waals surface area contributed by atoms with Gasteiger partial charge < -0.3 is 20.1 Å². The molecule has 1 aromatic heterocycles. The van der Waals surface area contributed by atoms with Crippen LogP contribution >= 0.6 is 0 Å². The molecule has 0 bridgehead atoms. The number of rotatable bonds is 6. The molecule has 3 aromatic carbocycles. The SMILES string of the molecule is Cc1c(NC(=O)c2ccc(C(C)(C)C)cc2)cccc1-c1cn(C)c(=O)c(Nc2ccc(C(=O)N3CCCCC3)cc2)n1. The van der Waals surface area contributed by atoms with E-state index >= 15 is 0 Å². The topological polar surface area (TPSA) is 96.3 Å². The Bertz CT molecular complexity index is 1690. The largest absolute Gasteiger partial charge is 0.339 e. The summed E-state index contributed by atoms with van der Waals surface area (Å²) in [5, 5.41) is 6.16. The van der Waals surface area contributed by atoms with Gasteiger partial charge in [-0.1, -0.05) is 45.0 Å². The van der Waals surface area contributed by atoms with E-state index in [1.165, 1.54) is 11.0 Å². The van der Waals surface area contributed by atoms with Gasteiger partial charge >= 0.3 is 0 Å². The highest BCUT2D eigenvalue weighted by Crippen LogP contribution is 2.29. The van der Waals surface area contributed by atoms with Crippen LogP contribution in [-0.4, -0.2) is 39.4 Å². The molecule has 43 heavy (non-hydrogen) atoms. The van der Waals surface area contributed by atoms with E-state index in [1.807, 2.05) is 54.3 Å². The molecule has 2 N–H and O–H groups in total. The van der Waals surface area contributed by atoms with Crippen LogP contribution in [0.15, 0.2) is 77.7 Å². The normalized spacial score (nSPS) is 13.5. The standard InChI is InChI=1S/C35H39N5O3/c1-23-28(10-9-11-29(23)38-32(41)24-12-16-26(17-13-24)35(2,3)4)30-22-39(5)34(43)31(37-30)36-27-18-14-25(15-19-27)33(42)40-20-7-6-8-21-40/h9-19,22H,6-8,20-21H2,1-5H3,(H,36,37)(H,38,41). The van der Waals surface area contributed by atoms with Crippen LogP contribution in [0, 0.1) is 6.92 Å². The molecule has 0 saturated carbocycles. The van der Waals surface area contributed by atoms with Gasteiger partial charge in [-0.25, -0.2) is 4.98 Å². The number of aryl methyl sites for hydroxylation is 1. The van der Waals surface area contributed by atoms with E-state index in [9.17, 15) is 14.4 Å². The quantitative estimate of drug-likeness (QED) is 0.267. The minimum Gasteiger partial charge on any atom is -0.339 e. The van der Waals surface area contributed by atoms with Crippen molar-refractivity contribution < 1.29 is 9.59 Å². The van der Waals surface area contributed by atoms with Crippen molar-refractivity contribution in [1.29, 1.82) is 0 Å². The monoisotopic (exact) mass is 577 g/mol. The molecule has 2 amide bonds. The first-order valence-electron chi connectivity index (χ1n) is 14.8. The lowest BCUT2D eigenvalue weighted by molar-refractivity contribution is 0.0724. The molecule has 4 aromatic rings. The summed E-state index contributed by atoms with van der Waals surface area (Å²) in [6.45, 7) is 9.92. The van der Waals surface area contributed by atoms with E-state index in [4.69, 9.17) is 0 Å². The first-order chi connectivity index (χ1) is 20.5. The zero-order chi connectivity index (χ0) is 30.7. The van der Waals surface area contributed by atoms with Gasteiger partial charge in [-0.15, -0.1) is 0 Å². The Morgan fingerprint density at radius 2 is 1.51 bits per heavy atom. The van der Waals surface area contributed by atoms with Crippen LogP contribution in [0.25, 0.3) is 11.3 Å². The number of benzene rings is 3. The number of hydrogen-bond donors (Lipinski definition) is 2. The summed E-state index contributed by atoms with van der Waals surface area (Å²) in [4.78, 5) is 45.5. The molecule has 222 valence electrons. The van der Waals surface area contributed by atoms with Gasteiger partial charge in [0, 0.05) is 54.4 Å². The number of anilines is 3. The fourth-order valence-electron chi connectivity index (χ4n) is 5.29. The van der Waals surface area contributed by atoms with Crippen LogP contribution < -0.4 is 16.2 Å². The molecule has 0 unspecified atom stereocenters. The number of nitrogens with one attached hydrogen (secondary N) is 2. The molecule has 0 spiro atoms. The molecule has 2 heterocycles. The lowest BCUT2D eigenvalue weighted by Gasteiger charge is -2.26.